The molecule has 1 unspecified atom stereocenters. The maximum Gasteiger partial charge on any atom is 0.230 e. The fourth-order valence-corrected chi connectivity index (χ4v) is 3.00. The lowest BCUT2D eigenvalue weighted by Gasteiger charge is -2.33. The van der Waals surface area contributed by atoms with E-state index in [1.165, 1.54) is 0 Å². The van der Waals surface area contributed by atoms with Crippen LogP contribution in [0.1, 0.15) is 53.4 Å². The van der Waals surface area contributed by atoms with Gasteiger partial charge in [0, 0.05) is 24.2 Å². The van der Waals surface area contributed by atoms with Crippen molar-refractivity contribution >= 4 is 11.8 Å². The van der Waals surface area contributed by atoms with E-state index in [1.807, 2.05) is 57.9 Å². The van der Waals surface area contributed by atoms with Crippen molar-refractivity contribution in [2.24, 2.45) is 5.92 Å². The van der Waals surface area contributed by atoms with Crippen molar-refractivity contribution in [2.75, 3.05) is 13.6 Å². The highest BCUT2D eigenvalue weighted by molar-refractivity contribution is 5.82. The summed E-state index contributed by atoms with van der Waals surface area (Å²) in [5, 5.41) is 5.99. The molecule has 0 aliphatic heterocycles. The van der Waals surface area contributed by atoms with Crippen LogP contribution in [0.4, 0.5) is 0 Å². The second-order valence-corrected chi connectivity index (χ2v) is 6.90. The highest BCUT2D eigenvalue weighted by atomic mass is 16.2. The molecule has 2 amide bonds. The number of carbonyl (C=O) groups is 2. The molecule has 0 saturated carbocycles. The Hall–Kier alpha value is -1.62. The fourth-order valence-electron chi connectivity index (χ4n) is 3.00. The molecule has 1 rings (SSSR count). The average molecular weight is 335 g/mol. The van der Waals surface area contributed by atoms with E-state index < -0.39 is 0 Å². The van der Waals surface area contributed by atoms with E-state index >= 15 is 0 Å². The van der Waals surface area contributed by atoms with E-state index in [-0.39, 0.29) is 29.8 Å². The molecule has 0 aromatic carbocycles. The van der Waals surface area contributed by atoms with Crippen LogP contribution in [0.15, 0.2) is 23.9 Å². The standard InChI is InChI=1S/C19H33N3O2/c1-14(2)22(15(3)4)19(24)16-9-11-17(12-10-16)21-18(23)8-6-7-13-20-5/h9,11-12,14-16,20H,6-8,10,13H2,1-5H3,(H,21,23). The van der Waals surface area contributed by atoms with Gasteiger partial charge in [-0.25, -0.2) is 0 Å². The molecular weight excluding hydrogens is 302 g/mol. The van der Waals surface area contributed by atoms with Gasteiger partial charge in [0.2, 0.25) is 11.8 Å². The molecule has 136 valence electrons. The van der Waals surface area contributed by atoms with Gasteiger partial charge in [0.25, 0.3) is 0 Å². The third kappa shape index (κ3) is 6.48. The zero-order valence-corrected chi connectivity index (χ0v) is 15.8. The second-order valence-electron chi connectivity index (χ2n) is 6.90. The van der Waals surface area contributed by atoms with Gasteiger partial charge in [0.05, 0.1) is 5.92 Å². The lowest BCUT2D eigenvalue weighted by atomic mass is 9.96. The normalized spacial score (nSPS) is 17.1. The van der Waals surface area contributed by atoms with Crippen LogP contribution in [0.5, 0.6) is 0 Å². The first-order valence-corrected chi connectivity index (χ1v) is 9.01. The van der Waals surface area contributed by atoms with Crippen molar-refractivity contribution in [1.82, 2.24) is 15.5 Å². The van der Waals surface area contributed by atoms with Gasteiger partial charge in [-0.05, 0) is 66.6 Å². The number of hydrogen-bond acceptors (Lipinski definition) is 3. The van der Waals surface area contributed by atoms with Crippen molar-refractivity contribution in [3.8, 4) is 0 Å². The summed E-state index contributed by atoms with van der Waals surface area (Å²) in [6, 6.07) is 0.377. The summed E-state index contributed by atoms with van der Waals surface area (Å²) in [6.45, 7) is 9.10. The molecule has 0 aromatic rings. The van der Waals surface area contributed by atoms with Crippen LogP contribution in [-0.2, 0) is 9.59 Å². The molecule has 1 aliphatic rings. The van der Waals surface area contributed by atoms with Crippen LogP contribution in [0.25, 0.3) is 0 Å². The number of amides is 2. The van der Waals surface area contributed by atoms with Crippen molar-refractivity contribution in [3.63, 3.8) is 0 Å². The number of carbonyl (C=O) groups excluding carboxylic acids is 2. The molecular formula is C19H33N3O2. The Kier molecular flexibility index (Phi) is 8.76. The maximum absolute atomic E-state index is 12.7. The molecule has 24 heavy (non-hydrogen) atoms. The predicted octanol–water partition coefficient (Wildman–Crippen LogP) is 2.60. The van der Waals surface area contributed by atoms with E-state index in [0.717, 1.165) is 25.1 Å². The molecule has 0 saturated heterocycles. The first-order valence-electron chi connectivity index (χ1n) is 9.01. The number of hydrogen-bond donors (Lipinski definition) is 2. The maximum atomic E-state index is 12.7. The van der Waals surface area contributed by atoms with Crippen molar-refractivity contribution in [1.29, 1.82) is 0 Å². The summed E-state index contributed by atoms with van der Waals surface area (Å²) in [5.41, 5.74) is 0.804. The molecule has 2 N–H and O–H groups in total. The minimum atomic E-state index is -0.133. The highest BCUT2D eigenvalue weighted by Gasteiger charge is 2.27. The smallest absolute Gasteiger partial charge is 0.230 e. The monoisotopic (exact) mass is 335 g/mol. The number of unbranched alkanes of at least 4 members (excludes halogenated alkanes) is 1. The quantitative estimate of drug-likeness (QED) is 0.637. The van der Waals surface area contributed by atoms with Crippen LogP contribution in [0, 0.1) is 5.92 Å². The van der Waals surface area contributed by atoms with Gasteiger partial charge in [0.1, 0.15) is 0 Å². The largest absolute Gasteiger partial charge is 0.337 e. The van der Waals surface area contributed by atoms with E-state index in [9.17, 15) is 9.59 Å². The Morgan fingerprint density at radius 3 is 2.38 bits per heavy atom. The Morgan fingerprint density at radius 1 is 1.21 bits per heavy atom. The van der Waals surface area contributed by atoms with Gasteiger partial charge in [-0.1, -0.05) is 12.2 Å². The molecule has 5 heteroatoms. The fraction of sp³-hybridized carbons (Fsp3) is 0.684. The van der Waals surface area contributed by atoms with E-state index in [0.29, 0.717) is 12.8 Å². The van der Waals surface area contributed by atoms with Crippen LogP contribution in [0.3, 0.4) is 0 Å². The number of rotatable bonds is 9. The summed E-state index contributed by atoms with van der Waals surface area (Å²) in [7, 11) is 1.91. The summed E-state index contributed by atoms with van der Waals surface area (Å²) >= 11 is 0. The Balaban J connectivity index is 2.48. The topological polar surface area (TPSA) is 61.4 Å². The van der Waals surface area contributed by atoms with Crippen LogP contribution in [-0.4, -0.2) is 42.4 Å². The third-order valence-corrected chi connectivity index (χ3v) is 4.15. The summed E-state index contributed by atoms with van der Waals surface area (Å²) < 4.78 is 0. The van der Waals surface area contributed by atoms with Crippen LogP contribution < -0.4 is 10.6 Å². The van der Waals surface area contributed by atoms with Gasteiger partial charge in [-0.3, -0.25) is 9.59 Å². The van der Waals surface area contributed by atoms with Gasteiger partial charge < -0.3 is 15.5 Å². The van der Waals surface area contributed by atoms with Crippen molar-refractivity contribution in [2.45, 2.75) is 65.5 Å². The minimum absolute atomic E-state index is 0.0396. The Labute approximate surface area is 146 Å². The van der Waals surface area contributed by atoms with Crippen LogP contribution >= 0.6 is 0 Å². The third-order valence-electron chi connectivity index (χ3n) is 4.15. The number of nitrogens with one attached hydrogen (secondary N) is 2. The van der Waals surface area contributed by atoms with Crippen molar-refractivity contribution < 1.29 is 9.59 Å². The molecule has 5 nitrogen and oxygen atoms in total. The Morgan fingerprint density at radius 2 is 1.88 bits per heavy atom. The molecule has 1 aliphatic carbocycles. The van der Waals surface area contributed by atoms with Gasteiger partial charge in [-0.2, -0.15) is 0 Å². The lowest BCUT2D eigenvalue weighted by Crippen LogP contribution is -2.45. The summed E-state index contributed by atoms with van der Waals surface area (Å²) in [4.78, 5) is 26.5. The zero-order valence-electron chi connectivity index (χ0n) is 15.8. The summed E-state index contributed by atoms with van der Waals surface area (Å²) in [5.74, 6) is 0.0637. The zero-order chi connectivity index (χ0) is 18.1. The predicted molar refractivity (Wildman–Crippen MR) is 98.4 cm³/mol. The molecule has 0 fully saturated rings. The van der Waals surface area contributed by atoms with Gasteiger partial charge in [0.15, 0.2) is 0 Å². The van der Waals surface area contributed by atoms with Gasteiger partial charge >= 0.3 is 0 Å². The Bertz CT molecular complexity index is 473. The second kappa shape index (κ2) is 10.3. The molecule has 1 atom stereocenters. The van der Waals surface area contributed by atoms with E-state index in [4.69, 9.17) is 0 Å². The van der Waals surface area contributed by atoms with E-state index in [1.54, 1.807) is 0 Å². The molecule has 0 radical (unpaired) electrons. The van der Waals surface area contributed by atoms with E-state index in [2.05, 4.69) is 10.6 Å². The molecule has 0 aromatic heterocycles. The van der Waals surface area contributed by atoms with Crippen LogP contribution in [0.2, 0.25) is 0 Å². The lowest BCUT2D eigenvalue weighted by molar-refractivity contribution is -0.137. The first kappa shape index (κ1) is 20.4. The van der Waals surface area contributed by atoms with Gasteiger partial charge in [-0.15, -0.1) is 0 Å². The first-order chi connectivity index (χ1) is 11.4. The summed E-state index contributed by atoms with van der Waals surface area (Å²) in [6.07, 6.45) is 8.77. The number of allylic oxidation sites excluding steroid dienone is 2. The molecule has 0 bridgehead atoms. The van der Waals surface area contributed by atoms with Crippen molar-refractivity contribution in [3.05, 3.63) is 23.9 Å². The average Bonchev–Trinajstić information content (AvgIpc) is 2.51. The molecule has 0 spiro atoms. The molecule has 0 heterocycles. The highest BCUT2D eigenvalue weighted by Crippen LogP contribution is 2.20. The SMILES string of the molecule is CNCCCCC(=O)NC1=CCC(C(=O)N(C(C)C)C(C)C)C=C1. The number of nitrogens with zero attached hydrogens (tertiary/aromatic N) is 1. The minimum Gasteiger partial charge on any atom is -0.337 e.